The van der Waals surface area contributed by atoms with Crippen LogP contribution in [0.4, 0.5) is 0 Å². The Labute approximate surface area is 120 Å². The molecule has 2 rings (SSSR count). The average molecular weight is 294 g/mol. The number of aromatic nitrogens is 4. The summed E-state index contributed by atoms with van der Waals surface area (Å²) in [6.07, 6.45) is 1.27. The number of aliphatic hydroxyl groups excluding tert-OH is 1. The van der Waals surface area contributed by atoms with Crippen molar-refractivity contribution in [3.8, 4) is 0 Å². The molecule has 1 N–H and O–H groups in total. The molecule has 0 spiro atoms. The van der Waals surface area contributed by atoms with Crippen LogP contribution < -0.4 is 11.2 Å². The van der Waals surface area contributed by atoms with Gasteiger partial charge in [-0.15, -0.1) is 0 Å². The van der Waals surface area contributed by atoms with E-state index in [0.29, 0.717) is 6.42 Å². The maximum Gasteiger partial charge on any atom is 0.332 e. The van der Waals surface area contributed by atoms with E-state index in [1.54, 1.807) is 0 Å². The van der Waals surface area contributed by atoms with Crippen LogP contribution in [0, 0.1) is 0 Å². The van der Waals surface area contributed by atoms with Gasteiger partial charge in [0.2, 0.25) is 0 Å². The van der Waals surface area contributed by atoms with Gasteiger partial charge in [-0.2, -0.15) is 0 Å². The molecule has 114 valence electrons. The second kappa shape index (κ2) is 5.65. The highest BCUT2D eigenvalue weighted by atomic mass is 16.3. The summed E-state index contributed by atoms with van der Waals surface area (Å²) >= 11 is 0. The van der Waals surface area contributed by atoms with Gasteiger partial charge < -0.3 is 14.5 Å². The number of aryl methyl sites for hydroxylation is 1. The summed E-state index contributed by atoms with van der Waals surface area (Å²) in [5.74, 6) is 0.00264. The average Bonchev–Trinajstić information content (AvgIpc) is 2.84. The smallest absolute Gasteiger partial charge is 0.332 e. The number of ketones is 1. The van der Waals surface area contributed by atoms with Gasteiger partial charge in [0.15, 0.2) is 11.2 Å². The Kier molecular flexibility index (Phi) is 4.08. The van der Waals surface area contributed by atoms with Crippen LogP contribution in [0.2, 0.25) is 0 Å². The molecule has 0 saturated carbocycles. The Hall–Kier alpha value is -2.22. The summed E-state index contributed by atoms with van der Waals surface area (Å²) in [7, 11) is 2.93. The number of hydrogen-bond donors (Lipinski definition) is 1. The van der Waals surface area contributed by atoms with Gasteiger partial charge in [0.05, 0.1) is 19.0 Å². The molecule has 1 atom stereocenters. The monoisotopic (exact) mass is 294 g/mol. The minimum atomic E-state index is -0.756. The molecule has 0 aromatic carbocycles. The Morgan fingerprint density at radius 1 is 1.33 bits per heavy atom. The van der Waals surface area contributed by atoms with Crippen LogP contribution in [-0.2, 0) is 25.4 Å². The van der Waals surface area contributed by atoms with E-state index in [2.05, 4.69) is 4.98 Å². The predicted molar refractivity (Wildman–Crippen MR) is 76.1 cm³/mol. The van der Waals surface area contributed by atoms with Crippen LogP contribution in [0.1, 0.15) is 19.8 Å². The van der Waals surface area contributed by atoms with Crippen molar-refractivity contribution in [2.45, 2.75) is 32.4 Å². The zero-order valence-electron chi connectivity index (χ0n) is 12.2. The van der Waals surface area contributed by atoms with Crippen LogP contribution >= 0.6 is 0 Å². The first-order valence-corrected chi connectivity index (χ1v) is 6.61. The van der Waals surface area contributed by atoms with Crippen molar-refractivity contribution in [1.82, 2.24) is 18.7 Å². The van der Waals surface area contributed by atoms with Crippen molar-refractivity contribution in [2.75, 3.05) is 0 Å². The lowest BCUT2D eigenvalue weighted by Crippen LogP contribution is -2.37. The van der Waals surface area contributed by atoms with Gasteiger partial charge in [0, 0.05) is 20.5 Å². The third-order valence-electron chi connectivity index (χ3n) is 3.45. The van der Waals surface area contributed by atoms with E-state index < -0.39 is 17.4 Å². The first kappa shape index (κ1) is 15.2. The molecular weight excluding hydrogens is 276 g/mol. The van der Waals surface area contributed by atoms with E-state index in [0.717, 1.165) is 4.57 Å². The molecule has 0 aliphatic heterocycles. The molecule has 0 saturated heterocycles. The molecule has 0 radical (unpaired) electrons. The summed E-state index contributed by atoms with van der Waals surface area (Å²) in [5, 5.41) is 9.94. The van der Waals surface area contributed by atoms with Gasteiger partial charge in [-0.3, -0.25) is 13.9 Å². The summed E-state index contributed by atoms with van der Waals surface area (Å²) < 4.78 is 3.81. The molecule has 2 aromatic heterocycles. The molecular formula is C13H18N4O4. The predicted octanol–water partition coefficient (Wildman–Crippen LogP) is -0.836. The molecule has 21 heavy (non-hydrogen) atoms. The molecule has 1 unspecified atom stereocenters. The zero-order valence-corrected chi connectivity index (χ0v) is 12.2. The summed E-state index contributed by atoms with van der Waals surface area (Å²) in [5.41, 5.74) is -0.359. The normalized spacial score (nSPS) is 12.8. The maximum absolute atomic E-state index is 12.2. The number of carbonyl (C=O) groups is 1. The van der Waals surface area contributed by atoms with Gasteiger partial charge in [-0.25, -0.2) is 9.78 Å². The van der Waals surface area contributed by atoms with E-state index in [1.807, 2.05) is 0 Å². The minimum absolute atomic E-state index is 0.00264. The Balaban J connectivity index is 2.41. The van der Waals surface area contributed by atoms with Crippen molar-refractivity contribution in [3.05, 3.63) is 27.2 Å². The quantitative estimate of drug-likeness (QED) is 0.775. The maximum atomic E-state index is 12.2. The lowest BCUT2D eigenvalue weighted by molar-refractivity contribution is -0.117. The number of imidazole rings is 1. The number of rotatable bonds is 5. The van der Waals surface area contributed by atoms with Gasteiger partial charge in [-0.1, -0.05) is 0 Å². The van der Waals surface area contributed by atoms with Crippen molar-refractivity contribution >= 4 is 16.9 Å². The molecule has 0 aliphatic carbocycles. The van der Waals surface area contributed by atoms with E-state index in [4.69, 9.17) is 0 Å². The van der Waals surface area contributed by atoms with Crippen molar-refractivity contribution in [2.24, 2.45) is 14.1 Å². The van der Waals surface area contributed by atoms with Crippen LogP contribution in [-0.4, -0.2) is 35.7 Å². The van der Waals surface area contributed by atoms with Crippen molar-refractivity contribution in [3.63, 3.8) is 0 Å². The van der Waals surface area contributed by atoms with Crippen LogP contribution in [0.25, 0.3) is 11.2 Å². The summed E-state index contributed by atoms with van der Waals surface area (Å²) in [4.78, 5) is 39.0. The molecule has 2 aromatic rings. The topological polar surface area (TPSA) is 99.1 Å². The van der Waals surface area contributed by atoms with E-state index in [-0.39, 0.29) is 29.9 Å². The molecule has 0 fully saturated rings. The third-order valence-corrected chi connectivity index (χ3v) is 3.45. The van der Waals surface area contributed by atoms with Gasteiger partial charge in [0.25, 0.3) is 5.56 Å². The largest absolute Gasteiger partial charge is 0.391 e. The third kappa shape index (κ3) is 2.80. The molecule has 0 amide bonds. The highest BCUT2D eigenvalue weighted by Gasteiger charge is 2.16. The van der Waals surface area contributed by atoms with Gasteiger partial charge in [-0.05, 0) is 13.3 Å². The Morgan fingerprint density at radius 3 is 2.62 bits per heavy atom. The Bertz CT molecular complexity index is 799. The first-order chi connectivity index (χ1) is 9.82. The number of Topliss-reactive ketones (excluding diaryl/α,β-unsaturated/α-hetero) is 1. The van der Waals surface area contributed by atoms with Crippen LogP contribution in [0.15, 0.2) is 15.9 Å². The van der Waals surface area contributed by atoms with Gasteiger partial charge in [0.1, 0.15) is 5.78 Å². The van der Waals surface area contributed by atoms with Crippen molar-refractivity contribution < 1.29 is 9.90 Å². The van der Waals surface area contributed by atoms with E-state index in [9.17, 15) is 19.5 Å². The van der Waals surface area contributed by atoms with E-state index in [1.165, 1.54) is 36.5 Å². The number of nitrogens with zero attached hydrogens (tertiary/aromatic N) is 4. The molecule has 2 heterocycles. The van der Waals surface area contributed by atoms with Gasteiger partial charge >= 0.3 is 5.69 Å². The lowest BCUT2D eigenvalue weighted by Gasteiger charge is -2.11. The molecule has 0 aliphatic rings. The number of carbonyl (C=O) groups excluding carboxylic acids is 1. The van der Waals surface area contributed by atoms with Crippen LogP contribution in [0.5, 0.6) is 0 Å². The minimum Gasteiger partial charge on any atom is -0.391 e. The zero-order chi connectivity index (χ0) is 15.7. The standard InChI is InChI=1S/C13H18N4O4/c1-8(18)4-5-9(19)6-17-7-14-11-10(17)12(20)16(3)13(21)15(11)2/h7,9,19H,4-6H2,1-3H3. The second-order valence-corrected chi connectivity index (χ2v) is 5.17. The number of aliphatic hydroxyl groups is 1. The number of fused-ring (bicyclic) bond motifs is 1. The van der Waals surface area contributed by atoms with Crippen LogP contribution in [0.3, 0.4) is 0 Å². The fraction of sp³-hybridized carbons (Fsp3) is 0.538. The highest BCUT2D eigenvalue weighted by Crippen LogP contribution is 2.08. The van der Waals surface area contributed by atoms with E-state index >= 15 is 0 Å². The fourth-order valence-electron chi connectivity index (χ4n) is 2.22. The lowest BCUT2D eigenvalue weighted by atomic mass is 10.1. The molecule has 0 bridgehead atoms. The SMILES string of the molecule is CC(=O)CCC(O)Cn1cnc2c1c(=O)n(C)c(=O)n2C. The molecule has 8 heteroatoms. The summed E-state index contributed by atoms with van der Waals surface area (Å²) in [6, 6.07) is 0. The molecule has 8 nitrogen and oxygen atoms in total. The summed E-state index contributed by atoms with van der Waals surface area (Å²) in [6.45, 7) is 1.61. The first-order valence-electron chi connectivity index (χ1n) is 6.61. The second-order valence-electron chi connectivity index (χ2n) is 5.17. The highest BCUT2D eigenvalue weighted by molar-refractivity contribution is 5.75. The van der Waals surface area contributed by atoms with Crippen molar-refractivity contribution in [1.29, 1.82) is 0 Å². The fourth-order valence-corrected chi connectivity index (χ4v) is 2.22. The Morgan fingerprint density at radius 2 is 2.00 bits per heavy atom. The number of hydrogen-bond acceptors (Lipinski definition) is 5.